The molecule has 104 valence electrons. The zero-order valence-corrected chi connectivity index (χ0v) is 12.7. The van der Waals surface area contributed by atoms with Gasteiger partial charge in [-0.2, -0.15) is 0 Å². The highest BCUT2D eigenvalue weighted by molar-refractivity contribution is 7.15. The minimum Gasteiger partial charge on any atom is -0.375 e. The number of nitrogens with two attached hydrogens (primary N) is 1. The van der Waals surface area contributed by atoms with Gasteiger partial charge in [-0.1, -0.05) is 17.7 Å². The molecule has 2 rings (SSSR count). The number of halogens is 3. The highest BCUT2D eigenvalue weighted by atomic mass is 35.5. The van der Waals surface area contributed by atoms with E-state index in [9.17, 15) is 4.39 Å². The molecule has 0 amide bonds. The van der Waals surface area contributed by atoms with Crippen molar-refractivity contribution in [3.63, 3.8) is 0 Å². The Balaban J connectivity index is 0.00000180. The third-order valence-corrected chi connectivity index (χ3v) is 3.65. The maximum atomic E-state index is 13.6. The Hall–Kier alpha value is -0.880. The van der Waals surface area contributed by atoms with E-state index in [4.69, 9.17) is 17.3 Å². The molecule has 0 atom stereocenters. The molecule has 0 saturated carbocycles. The molecule has 0 aliphatic carbocycles. The quantitative estimate of drug-likeness (QED) is 0.936. The molecule has 3 nitrogen and oxygen atoms in total. The number of hydrogen-bond donors (Lipinski definition) is 1. The summed E-state index contributed by atoms with van der Waals surface area (Å²) in [5, 5.41) is 0.994. The summed E-state index contributed by atoms with van der Waals surface area (Å²) in [6, 6.07) is 4.71. The van der Waals surface area contributed by atoms with Gasteiger partial charge in [-0.05, 0) is 19.2 Å². The van der Waals surface area contributed by atoms with Gasteiger partial charge in [0.25, 0.3) is 0 Å². The average molecular weight is 322 g/mol. The van der Waals surface area contributed by atoms with Crippen LogP contribution in [0, 0.1) is 5.82 Å². The van der Waals surface area contributed by atoms with Gasteiger partial charge in [0.15, 0.2) is 5.13 Å². The molecular weight excluding hydrogens is 308 g/mol. The van der Waals surface area contributed by atoms with Crippen molar-refractivity contribution in [3.05, 3.63) is 45.7 Å². The number of anilines is 1. The summed E-state index contributed by atoms with van der Waals surface area (Å²) in [6.45, 7) is 1.11. The molecule has 1 aromatic carbocycles. The third-order valence-electron chi connectivity index (χ3n) is 2.49. The van der Waals surface area contributed by atoms with Gasteiger partial charge in [0, 0.05) is 34.7 Å². The first-order chi connectivity index (χ1) is 8.56. The van der Waals surface area contributed by atoms with Gasteiger partial charge in [-0.3, -0.25) is 4.90 Å². The maximum Gasteiger partial charge on any atom is 0.180 e. The standard InChI is InChI=1S/C12H13ClFN3S.ClH/c1-17(6-8-5-16-12(15)18-8)7-9-10(13)3-2-4-11(9)14;/h2-5H,6-7H2,1H3,(H2,15,16);1H. The van der Waals surface area contributed by atoms with Gasteiger partial charge < -0.3 is 5.73 Å². The number of thiazole rings is 1. The monoisotopic (exact) mass is 321 g/mol. The van der Waals surface area contributed by atoms with E-state index in [-0.39, 0.29) is 18.2 Å². The summed E-state index contributed by atoms with van der Waals surface area (Å²) in [5.41, 5.74) is 6.08. The van der Waals surface area contributed by atoms with Crippen molar-refractivity contribution in [2.24, 2.45) is 0 Å². The molecule has 0 spiro atoms. The van der Waals surface area contributed by atoms with E-state index in [1.54, 1.807) is 18.3 Å². The van der Waals surface area contributed by atoms with E-state index in [0.717, 1.165) is 4.88 Å². The van der Waals surface area contributed by atoms with E-state index in [1.807, 2.05) is 11.9 Å². The van der Waals surface area contributed by atoms with Crippen LogP contribution in [0.4, 0.5) is 9.52 Å². The Labute approximate surface area is 126 Å². The highest BCUT2D eigenvalue weighted by Gasteiger charge is 2.11. The Morgan fingerprint density at radius 3 is 2.74 bits per heavy atom. The lowest BCUT2D eigenvalue weighted by molar-refractivity contribution is 0.316. The van der Waals surface area contributed by atoms with E-state index in [2.05, 4.69) is 4.98 Å². The molecule has 7 heteroatoms. The SMILES string of the molecule is CN(Cc1cnc(N)s1)Cc1c(F)cccc1Cl.Cl. The fraction of sp³-hybridized carbons (Fsp3) is 0.250. The van der Waals surface area contributed by atoms with Crippen LogP contribution < -0.4 is 5.73 Å². The number of nitrogen functional groups attached to an aromatic ring is 1. The molecular formula is C12H14Cl2FN3S. The lowest BCUT2D eigenvalue weighted by Gasteiger charge is -2.16. The van der Waals surface area contributed by atoms with Crippen LogP contribution in [-0.4, -0.2) is 16.9 Å². The van der Waals surface area contributed by atoms with Crippen LogP contribution in [0.2, 0.25) is 5.02 Å². The molecule has 0 radical (unpaired) electrons. The molecule has 1 aromatic heterocycles. The predicted molar refractivity (Wildman–Crippen MR) is 80.4 cm³/mol. The highest BCUT2D eigenvalue weighted by Crippen LogP contribution is 2.22. The fourth-order valence-corrected chi connectivity index (χ4v) is 2.66. The minimum atomic E-state index is -0.279. The van der Waals surface area contributed by atoms with Crippen molar-refractivity contribution >= 4 is 40.5 Å². The lowest BCUT2D eigenvalue weighted by Crippen LogP contribution is -2.17. The molecule has 2 aromatic rings. The van der Waals surface area contributed by atoms with Gasteiger partial charge in [0.2, 0.25) is 0 Å². The average Bonchev–Trinajstić information content (AvgIpc) is 2.69. The van der Waals surface area contributed by atoms with Crippen LogP contribution in [0.1, 0.15) is 10.4 Å². The second-order valence-corrected chi connectivity index (χ2v) is 5.59. The summed E-state index contributed by atoms with van der Waals surface area (Å²) >= 11 is 7.42. The van der Waals surface area contributed by atoms with Crippen LogP contribution in [0.3, 0.4) is 0 Å². The van der Waals surface area contributed by atoms with Gasteiger partial charge in [-0.15, -0.1) is 23.7 Å². The van der Waals surface area contributed by atoms with E-state index < -0.39 is 0 Å². The molecule has 0 fully saturated rings. The second-order valence-electron chi connectivity index (χ2n) is 4.04. The number of nitrogens with zero attached hydrogens (tertiary/aromatic N) is 2. The zero-order valence-electron chi connectivity index (χ0n) is 10.3. The van der Waals surface area contributed by atoms with Crippen LogP contribution in [-0.2, 0) is 13.1 Å². The van der Waals surface area contributed by atoms with E-state index in [1.165, 1.54) is 17.4 Å². The molecule has 1 heterocycles. The first-order valence-corrected chi connectivity index (χ1v) is 6.57. The fourth-order valence-electron chi connectivity index (χ4n) is 1.67. The summed E-state index contributed by atoms with van der Waals surface area (Å²) in [6.07, 6.45) is 1.74. The van der Waals surface area contributed by atoms with Crippen LogP contribution in [0.15, 0.2) is 24.4 Å². The first-order valence-electron chi connectivity index (χ1n) is 5.38. The normalized spacial score (nSPS) is 10.5. The molecule has 0 aliphatic heterocycles. The van der Waals surface area contributed by atoms with Crippen molar-refractivity contribution in [3.8, 4) is 0 Å². The van der Waals surface area contributed by atoms with Crippen LogP contribution >= 0.6 is 35.3 Å². The Bertz CT molecular complexity index is 527. The van der Waals surface area contributed by atoms with Crippen LogP contribution in [0.25, 0.3) is 0 Å². The molecule has 0 unspecified atom stereocenters. The molecule has 0 aliphatic rings. The van der Waals surface area contributed by atoms with Crippen molar-refractivity contribution in [1.29, 1.82) is 0 Å². The maximum absolute atomic E-state index is 13.6. The van der Waals surface area contributed by atoms with Crippen molar-refractivity contribution in [1.82, 2.24) is 9.88 Å². The largest absolute Gasteiger partial charge is 0.375 e. The smallest absolute Gasteiger partial charge is 0.180 e. The zero-order chi connectivity index (χ0) is 13.1. The summed E-state index contributed by atoms with van der Waals surface area (Å²) in [7, 11) is 1.90. The number of hydrogen-bond acceptors (Lipinski definition) is 4. The van der Waals surface area contributed by atoms with Gasteiger partial charge in [0.05, 0.1) is 0 Å². The predicted octanol–water partition coefficient (Wildman–Crippen LogP) is 3.57. The molecule has 0 saturated heterocycles. The first kappa shape index (κ1) is 16.2. The third kappa shape index (κ3) is 4.31. The molecule has 19 heavy (non-hydrogen) atoms. The van der Waals surface area contributed by atoms with Gasteiger partial charge >= 0.3 is 0 Å². The van der Waals surface area contributed by atoms with Crippen molar-refractivity contribution in [2.45, 2.75) is 13.1 Å². The number of rotatable bonds is 4. The number of aromatic nitrogens is 1. The number of benzene rings is 1. The Kier molecular flexibility index (Phi) is 6.00. The van der Waals surface area contributed by atoms with Gasteiger partial charge in [0.1, 0.15) is 5.82 Å². The van der Waals surface area contributed by atoms with E-state index in [0.29, 0.717) is 28.8 Å². The topological polar surface area (TPSA) is 42.2 Å². The molecule has 0 bridgehead atoms. The van der Waals surface area contributed by atoms with Crippen LogP contribution in [0.5, 0.6) is 0 Å². The summed E-state index contributed by atoms with van der Waals surface area (Å²) < 4.78 is 13.6. The summed E-state index contributed by atoms with van der Waals surface area (Å²) in [4.78, 5) is 6.99. The van der Waals surface area contributed by atoms with Crippen molar-refractivity contribution in [2.75, 3.05) is 12.8 Å². The van der Waals surface area contributed by atoms with Gasteiger partial charge in [-0.25, -0.2) is 9.37 Å². The van der Waals surface area contributed by atoms with E-state index >= 15 is 0 Å². The Morgan fingerprint density at radius 1 is 1.42 bits per heavy atom. The second kappa shape index (κ2) is 7.05. The Morgan fingerprint density at radius 2 is 2.16 bits per heavy atom. The lowest BCUT2D eigenvalue weighted by atomic mass is 10.2. The minimum absolute atomic E-state index is 0. The van der Waals surface area contributed by atoms with Crippen molar-refractivity contribution < 1.29 is 4.39 Å². The summed E-state index contributed by atoms with van der Waals surface area (Å²) in [5.74, 6) is -0.279. The molecule has 2 N–H and O–H groups in total.